The molecule has 0 aliphatic carbocycles. The molecule has 7 nitrogen and oxygen atoms in total. The molecule has 2 aromatic rings. The molecule has 3 heterocycles. The highest BCUT2D eigenvalue weighted by molar-refractivity contribution is 5.78. The van der Waals surface area contributed by atoms with Crippen molar-refractivity contribution in [3.8, 4) is 22.8 Å². The highest BCUT2D eigenvalue weighted by atomic mass is 16.6. The van der Waals surface area contributed by atoms with Crippen molar-refractivity contribution < 1.29 is 23.5 Å². The van der Waals surface area contributed by atoms with Gasteiger partial charge in [-0.1, -0.05) is 5.16 Å². The van der Waals surface area contributed by atoms with Crippen molar-refractivity contribution >= 4 is 5.91 Å². The summed E-state index contributed by atoms with van der Waals surface area (Å²) in [7, 11) is 0. The van der Waals surface area contributed by atoms with Gasteiger partial charge in [-0.2, -0.15) is 0 Å². The lowest BCUT2D eigenvalue weighted by Crippen LogP contribution is -2.32. The van der Waals surface area contributed by atoms with Crippen molar-refractivity contribution in [3.05, 3.63) is 30.0 Å². The Kier molecular flexibility index (Phi) is 4.56. The third-order valence-electron chi connectivity index (χ3n) is 4.28. The first kappa shape index (κ1) is 16.0. The zero-order valence-electron chi connectivity index (χ0n) is 13.8. The molecule has 0 bridgehead atoms. The van der Waals surface area contributed by atoms with Gasteiger partial charge in [0.2, 0.25) is 5.91 Å². The zero-order valence-corrected chi connectivity index (χ0v) is 13.8. The van der Waals surface area contributed by atoms with Crippen LogP contribution in [0, 0.1) is 0 Å². The van der Waals surface area contributed by atoms with Crippen LogP contribution in [-0.2, 0) is 16.0 Å². The van der Waals surface area contributed by atoms with Gasteiger partial charge in [-0.3, -0.25) is 4.79 Å². The maximum atomic E-state index is 12.0. The molecule has 1 aromatic carbocycles. The van der Waals surface area contributed by atoms with Crippen molar-refractivity contribution in [2.24, 2.45) is 0 Å². The van der Waals surface area contributed by atoms with Gasteiger partial charge >= 0.3 is 0 Å². The molecule has 25 heavy (non-hydrogen) atoms. The van der Waals surface area contributed by atoms with Crippen LogP contribution < -0.4 is 14.8 Å². The lowest BCUT2D eigenvalue weighted by molar-refractivity contribution is -0.121. The van der Waals surface area contributed by atoms with Crippen LogP contribution >= 0.6 is 0 Å². The molecule has 1 amide bonds. The van der Waals surface area contributed by atoms with Crippen molar-refractivity contribution in [2.45, 2.75) is 25.4 Å². The smallest absolute Gasteiger partial charge is 0.226 e. The first-order chi connectivity index (χ1) is 12.3. The van der Waals surface area contributed by atoms with Gasteiger partial charge < -0.3 is 24.1 Å². The van der Waals surface area contributed by atoms with Crippen LogP contribution in [0.5, 0.6) is 11.5 Å². The van der Waals surface area contributed by atoms with Crippen LogP contribution in [0.15, 0.2) is 28.8 Å². The first-order valence-corrected chi connectivity index (χ1v) is 8.52. The lowest BCUT2D eigenvalue weighted by atomic mass is 10.1. The van der Waals surface area contributed by atoms with E-state index in [0.29, 0.717) is 37.0 Å². The molecule has 2 aliphatic heterocycles. The minimum absolute atomic E-state index is 0.0856. The Morgan fingerprint density at radius 2 is 2.04 bits per heavy atom. The predicted molar refractivity (Wildman–Crippen MR) is 88.6 cm³/mol. The van der Waals surface area contributed by atoms with Crippen molar-refractivity contribution in [1.29, 1.82) is 0 Å². The number of hydrogen-bond acceptors (Lipinski definition) is 6. The van der Waals surface area contributed by atoms with E-state index in [2.05, 4.69) is 10.5 Å². The predicted octanol–water partition coefficient (Wildman–Crippen LogP) is 1.95. The van der Waals surface area contributed by atoms with E-state index in [-0.39, 0.29) is 18.4 Å². The molecule has 0 spiro atoms. The van der Waals surface area contributed by atoms with Gasteiger partial charge in [-0.05, 0) is 31.0 Å². The molecular weight excluding hydrogens is 324 g/mol. The Morgan fingerprint density at radius 3 is 2.88 bits per heavy atom. The minimum Gasteiger partial charge on any atom is -0.486 e. The molecule has 4 rings (SSSR count). The van der Waals surface area contributed by atoms with E-state index in [1.54, 1.807) is 6.07 Å². The SMILES string of the molecule is O=C(Cc1cc(-c2ccc3c(c2)OCCO3)on1)NC[C@@H]1CCCO1. The average Bonchev–Trinajstić information content (AvgIpc) is 3.31. The average molecular weight is 344 g/mol. The van der Waals surface area contributed by atoms with Crippen molar-refractivity contribution in [1.82, 2.24) is 10.5 Å². The van der Waals surface area contributed by atoms with Crippen LogP contribution in [0.4, 0.5) is 0 Å². The fraction of sp³-hybridized carbons (Fsp3) is 0.444. The van der Waals surface area contributed by atoms with Gasteiger partial charge in [0.1, 0.15) is 13.2 Å². The molecule has 1 atom stereocenters. The second kappa shape index (κ2) is 7.14. The number of carbonyl (C=O) groups is 1. The highest BCUT2D eigenvalue weighted by Gasteiger charge is 2.18. The van der Waals surface area contributed by atoms with E-state index in [0.717, 1.165) is 30.8 Å². The number of rotatable bonds is 5. The summed E-state index contributed by atoms with van der Waals surface area (Å²) in [6, 6.07) is 7.36. The van der Waals surface area contributed by atoms with Gasteiger partial charge in [0.05, 0.1) is 18.2 Å². The quantitative estimate of drug-likeness (QED) is 0.893. The molecule has 1 aromatic heterocycles. The fourth-order valence-corrected chi connectivity index (χ4v) is 2.99. The molecular formula is C18H20N2O5. The number of carbonyl (C=O) groups excluding carboxylic acids is 1. The number of hydrogen-bond donors (Lipinski definition) is 1. The number of aromatic nitrogens is 1. The van der Waals surface area contributed by atoms with E-state index in [1.165, 1.54) is 0 Å². The summed E-state index contributed by atoms with van der Waals surface area (Å²) in [4.78, 5) is 12.0. The molecule has 1 fully saturated rings. The summed E-state index contributed by atoms with van der Waals surface area (Å²) in [6.07, 6.45) is 2.37. The number of ether oxygens (including phenoxy) is 3. The summed E-state index contributed by atoms with van der Waals surface area (Å²) in [5, 5.41) is 6.87. The van der Waals surface area contributed by atoms with Gasteiger partial charge in [0.25, 0.3) is 0 Å². The van der Waals surface area contributed by atoms with Crippen LogP contribution in [0.3, 0.4) is 0 Å². The second-order valence-electron chi connectivity index (χ2n) is 6.16. The fourth-order valence-electron chi connectivity index (χ4n) is 2.99. The maximum Gasteiger partial charge on any atom is 0.226 e. The Bertz CT molecular complexity index is 752. The van der Waals surface area contributed by atoms with E-state index >= 15 is 0 Å². The number of amides is 1. The van der Waals surface area contributed by atoms with Crippen molar-refractivity contribution in [2.75, 3.05) is 26.4 Å². The highest BCUT2D eigenvalue weighted by Crippen LogP contribution is 2.34. The summed E-state index contributed by atoms with van der Waals surface area (Å²) < 4.78 is 21.9. The van der Waals surface area contributed by atoms with Crippen LogP contribution in [0.1, 0.15) is 18.5 Å². The molecule has 0 unspecified atom stereocenters. The molecule has 0 radical (unpaired) electrons. The number of nitrogens with one attached hydrogen (secondary N) is 1. The first-order valence-electron chi connectivity index (χ1n) is 8.52. The van der Waals surface area contributed by atoms with Gasteiger partial charge in [0.15, 0.2) is 17.3 Å². The Labute approximate surface area is 145 Å². The zero-order chi connectivity index (χ0) is 17.1. The third-order valence-corrected chi connectivity index (χ3v) is 4.28. The number of nitrogens with zero attached hydrogens (tertiary/aromatic N) is 1. The van der Waals surface area contributed by atoms with E-state index in [4.69, 9.17) is 18.7 Å². The number of fused-ring (bicyclic) bond motifs is 1. The van der Waals surface area contributed by atoms with Gasteiger partial charge in [0, 0.05) is 24.8 Å². The molecule has 1 saturated heterocycles. The molecule has 132 valence electrons. The number of benzene rings is 1. The molecule has 2 aliphatic rings. The summed E-state index contributed by atoms with van der Waals surface area (Å²) in [5.41, 5.74) is 1.43. The lowest BCUT2D eigenvalue weighted by Gasteiger charge is -2.18. The largest absolute Gasteiger partial charge is 0.486 e. The monoisotopic (exact) mass is 344 g/mol. The van der Waals surface area contributed by atoms with Crippen molar-refractivity contribution in [3.63, 3.8) is 0 Å². The van der Waals surface area contributed by atoms with Crippen LogP contribution in [0.2, 0.25) is 0 Å². The van der Waals surface area contributed by atoms with Gasteiger partial charge in [-0.25, -0.2) is 0 Å². The summed E-state index contributed by atoms with van der Waals surface area (Å²) >= 11 is 0. The second-order valence-corrected chi connectivity index (χ2v) is 6.16. The summed E-state index contributed by atoms with van der Waals surface area (Å²) in [5.74, 6) is 1.93. The Morgan fingerprint density at radius 1 is 1.16 bits per heavy atom. The standard InChI is InChI=1S/C18H20N2O5/c21-18(19-11-14-2-1-5-22-14)10-13-9-16(25-20-13)12-3-4-15-17(8-12)24-7-6-23-15/h3-4,8-9,14H,1-2,5-7,10-11H2,(H,19,21)/t14-/m0/s1. The normalized spacial score (nSPS) is 19.0. The van der Waals surface area contributed by atoms with Crippen LogP contribution in [-0.4, -0.2) is 43.5 Å². The maximum absolute atomic E-state index is 12.0. The Hall–Kier alpha value is -2.54. The molecule has 1 N–H and O–H groups in total. The van der Waals surface area contributed by atoms with E-state index < -0.39 is 0 Å². The molecule has 7 heteroatoms. The molecule has 0 saturated carbocycles. The van der Waals surface area contributed by atoms with E-state index in [1.807, 2.05) is 18.2 Å². The Balaban J connectivity index is 1.37. The third kappa shape index (κ3) is 3.76. The minimum atomic E-state index is -0.0856. The topological polar surface area (TPSA) is 82.8 Å². The van der Waals surface area contributed by atoms with E-state index in [9.17, 15) is 4.79 Å². The van der Waals surface area contributed by atoms with Crippen LogP contribution in [0.25, 0.3) is 11.3 Å². The summed E-state index contributed by atoms with van der Waals surface area (Å²) in [6.45, 7) is 2.41. The van der Waals surface area contributed by atoms with Gasteiger partial charge in [-0.15, -0.1) is 0 Å².